The SMILES string of the molecule is CC(=O)N1C[C@@H](N)CC[C@@H](C(=O)NCCC(=O)Nc2nccs2)C1. The number of thiazole rings is 1. The fourth-order valence-electron chi connectivity index (χ4n) is 2.60. The molecule has 8 nitrogen and oxygen atoms in total. The molecule has 2 atom stereocenters. The summed E-state index contributed by atoms with van der Waals surface area (Å²) in [6.07, 6.45) is 3.13. The van der Waals surface area contributed by atoms with E-state index in [9.17, 15) is 14.4 Å². The molecular formula is C15H23N5O3S. The average Bonchev–Trinajstić information content (AvgIpc) is 2.94. The highest BCUT2D eigenvalue weighted by atomic mass is 32.1. The number of anilines is 1. The van der Waals surface area contributed by atoms with E-state index in [1.54, 1.807) is 16.5 Å². The number of carbonyl (C=O) groups is 3. The molecule has 0 bridgehead atoms. The third-order valence-corrected chi connectivity index (χ3v) is 4.62. The molecule has 3 amide bonds. The van der Waals surface area contributed by atoms with Crippen LogP contribution < -0.4 is 16.4 Å². The van der Waals surface area contributed by atoms with Gasteiger partial charge in [0.25, 0.3) is 0 Å². The number of nitrogens with two attached hydrogens (primary N) is 1. The van der Waals surface area contributed by atoms with Crippen molar-refractivity contribution in [2.75, 3.05) is 25.0 Å². The summed E-state index contributed by atoms with van der Waals surface area (Å²) in [5.74, 6) is -0.701. The molecule has 1 aromatic rings. The molecule has 0 radical (unpaired) electrons. The van der Waals surface area contributed by atoms with Gasteiger partial charge in [0.2, 0.25) is 17.7 Å². The minimum Gasteiger partial charge on any atom is -0.355 e. The van der Waals surface area contributed by atoms with Gasteiger partial charge in [0.15, 0.2) is 5.13 Å². The van der Waals surface area contributed by atoms with Gasteiger partial charge in [-0.25, -0.2) is 4.98 Å². The summed E-state index contributed by atoms with van der Waals surface area (Å²) < 4.78 is 0. The van der Waals surface area contributed by atoms with E-state index in [0.717, 1.165) is 0 Å². The van der Waals surface area contributed by atoms with Gasteiger partial charge in [0.05, 0.1) is 5.92 Å². The summed E-state index contributed by atoms with van der Waals surface area (Å²) in [7, 11) is 0. The molecule has 0 saturated carbocycles. The van der Waals surface area contributed by atoms with Gasteiger partial charge in [-0.15, -0.1) is 11.3 Å². The number of amides is 3. The predicted octanol–water partition coefficient (Wildman–Crippen LogP) is 0.174. The van der Waals surface area contributed by atoms with Crippen LogP contribution in [0.1, 0.15) is 26.2 Å². The lowest BCUT2D eigenvalue weighted by molar-refractivity contribution is -0.131. The van der Waals surface area contributed by atoms with E-state index in [4.69, 9.17) is 5.73 Å². The molecule has 0 unspecified atom stereocenters. The first kappa shape index (κ1) is 18.3. The van der Waals surface area contributed by atoms with Crippen LogP contribution in [0.5, 0.6) is 0 Å². The Morgan fingerprint density at radius 3 is 2.83 bits per heavy atom. The Labute approximate surface area is 144 Å². The van der Waals surface area contributed by atoms with Gasteiger partial charge in [-0.2, -0.15) is 0 Å². The molecule has 132 valence electrons. The Balaban J connectivity index is 1.76. The molecule has 0 aromatic carbocycles. The quantitative estimate of drug-likeness (QED) is 0.698. The number of likely N-dealkylation sites (tertiary alicyclic amines) is 1. The fraction of sp³-hybridized carbons (Fsp3) is 0.600. The van der Waals surface area contributed by atoms with E-state index in [-0.39, 0.29) is 42.6 Å². The zero-order valence-electron chi connectivity index (χ0n) is 13.7. The van der Waals surface area contributed by atoms with Crippen LogP contribution in [-0.2, 0) is 14.4 Å². The Bertz CT molecular complexity index is 578. The van der Waals surface area contributed by atoms with Crippen LogP contribution >= 0.6 is 11.3 Å². The predicted molar refractivity (Wildman–Crippen MR) is 91.3 cm³/mol. The molecule has 9 heteroatoms. The van der Waals surface area contributed by atoms with Crippen molar-refractivity contribution in [1.29, 1.82) is 0 Å². The molecular weight excluding hydrogens is 330 g/mol. The van der Waals surface area contributed by atoms with Gasteiger partial charge < -0.3 is 21.3 Å². The van der Waals surface area contributed by atoms with E-state index < -0.39 is 0 Å². The monoisotopic (exact) mass is 353 g/mol. The second kappa shape index (κ2) is 8.74. The Morgan fingerprint density at radius 1 is 1.38 bits per heavy atom. The number of rotatable bonds is 5. The van der Waals surface area contributed by atoms with Crippen LogP contribution in [-0.4, -0.2) is 53.3 Å². The molecule has 2 rings (SSSR count). The summed E-state index contributed by atoms with van der Waals surface area (Å²) >= 11 is 1.34. The van der Waals surface area contributed by atoms with Gasteiger partial charge in [-0.1, -0.05) is 0 Å². The van der Waals surface area contributed by atoms with Crippen molar-refractivity contribution >= 4 is 34.2 Å². The summed E-state index contributed by atoms with van der Waals surface area (Å²) in [5, 5.41) is 7.75. The lowest BCUT2D eigenvalue weighted by Gasteiger charge is -2.23. The second-order valence-corrected chi connectivity index (χ2v) is 6.78. The van der Waals surface area contributed by atoms with Crippen molar-refractivity contribution in [1.82, 2.24) is 15.2 Å². The van der Waals surface area contributed by atoms with Gasteiger partial charge in [-0.05, 0) is 12.8 Å². The molecule has 0 spiro atoms. The van der Waals surface area contributed by atoms with Crippen LogP contribution in [0.25, 0.3) is 0 Å². The zero-order chi connectivity index (χ0) is 17.5. The first-order valence-corrected chi connectivity index (χ1v) is 8.82. The maximum Gasteiger partial charge on any atom is 0.227 e. The zero-order valence-corrected chi connectivity index (χ0v) is 14.5. The molecule has 24 heavy (non-hydrogen) atoms. The van der Waals surface area contributed by atoms with Gasteiger partial charge in [-0.3, -0.25) is 14.4 Å². The van der Waals surface area contributed by atoms with Crippen LogP contribution in [0, 0.1) is 5.92 Å². The van der Waals surface area contributed by atoms with Crippen molar-refractivity contribution in [3.05, 3.63) is 11.6 Å². The average molecular weight is 353 g/mol. The summed E-state index contributed by atoms with van der Waals surface area (Å²) in [4.78, 5) is 41.2. The van der Waals surface area contributed by atoms with Crippen molar-refractivity contribution in [3.8, 4) is 0 Å². The molecule has 1 saturated heterocycles. The number of aromatic nitrogens is 1. The Hall–Kier alpha value is -2.00. The number of nitrogens with zero attached hydrogens (tertiary/aromatic N) is 2. The van der Waals surface area contributed by atoms with Crippen molar-refractivity contribution in [2.24, 2.45) is 11.7 Å². The van der Waals surface area contributed by atoms with E-state index >= 15 is 0 Å². The van der Waals surface area contributed by atoms with Gasteiger partial charge in [0, 0.05) is 50.6 Å². The van der Waals surface area contributed by atoms with Crippen molar-refractivity contribution in [2.45, 2.75) is 32.2 Å². The molecule has 1 aliphatic rings. The minimum absolute atomic E-state index is 0.0759. The summed E-state index contributed by atoms with van der Waals surface area (Å²) in [6.45, 7) is 2.59. The highest BCUT2D eigenvalue weighted by Crippen LogP contribution is 2.16. The second-order valence-electron chi connectivity index (χ2n) is 5.88. The molecule has 1 aromatic heterocycles. The standard InChI is InChI=1S/C15H23N5O3S/c1-10(21)20-8-11(2-3-12(16)9-20)14(23)17-5-4-13(22)19-15-18-6-7-24-15/h6-7,11-12H,2-5,8-9,16H2,1H3,(H,17,23)(H,18,19,22)/t11-,12+/m1/s1. The van der Waals surface area contributed by atoms with Gasteiger partial charge in [0.1, 0.15) is 0 Å². The van der Waals surface area contributed by atoms with Gasteiger partial charge >= 0.3 is 0 Å². The highest BCUT2D eigenvalue weighted by Gasteiger charge is 2.28. The summed E-state index contributed by atoms with van der Waals surface area (Å²) in [5.41, 5.74) is 5.95. The maximum atomic E-state index is 12.3. The van der Waals surface area contributed by atoms with E-state index in [1.165, 1.54) is 18.3 Å². The third kappa shape index (κ3) is 5.57. The Morgan fingerprint density at radius 2 is 2.17 bits per heavy atom. The molecule has 1 fully saturated rings. The number of hydrogen-bond acceptors (Lipinski definition) is 6. The first-order chi connectivity index (χ1) is 11.5. The number of nitrogens with one attached hydrogen (secondary N) is 2. The Kier molecular flexibility index (Phi) is 6.68. The van der Waals surface area contributed by atoms with Crippen molar-refractivity contribution < 1.29 is 14.4 Å². The summed E-state index contributed by atoms with van der Waals surface area (Å²) in [6, 6.07) is -0.101. The smallest absolute Gasteiger partial charge is 0.227 e. The van der Waals surface area contributed by atoms with Crippen LogP contribution in [0.15, 0.2) is 11.6 Å². The molecule has 4 N–H and O–H groups in total. The first-order valence-electron chi connectivity index (χ1n) is 7.94. The van der Waals surface area contributed by atoms with E-state index in [2.05, 4.69) is 15.6 Å². The van der Waals surface area contributed by atoms with Crippen LogP contribution in [0.2, 0.25) is 0 Å². The molecule has 1 aliphatic heterocycles. The van der Waals surface area contributed by atoms with Crippen LogP contribution in [0.3, 0.4) is 0 Å². The van der Waals surface area contributed by atoms with Crippen LogP contribution in [0.4, 0.5) is 5.13 Å². The lowest BCUT2D eigenvalue weighted by Crippen LogP contribution is -2.42. The third-order valence-electron chi connectivity index (χ3n) is 3.93. The highest BCUT2D eigenvalue weighted by molar-refractivity contribution is 7.13. The minimum atomic E-state index is -0.288. The maximum absolute atomic E-state index is 12.3. The lowest BCUT2D eigenvalue weighted by atomic mass is 10.0. The molecule has 2 heterocycles. The number of carbonyl (C=O) groups excluding carboxylic acids is 3. The van der Waals surface area contributed by atoms with E-state index in [0.29, 0.717) is 31.1 Å². The normalized spacial score (nSPS) is 21.0. The topological polar surface area (TPSA) is 117 Å². The van der Waals surface area contributed by atoms with Crippen molar-refractivity contribution in [3.63, 3.8) is 0 Å². The van der Waals surface area contributed by atoms with E-state index in [1.807, 2.05) is 0 Å². The fourth-order valence-corrected chi connectivity index (χ4v) is 3.15. The number of hydrogen-bond donors (Lipinski definition) is 3. The molecule has 0 aliphatic carbocycles. The largest absolute Gasteiger partial charge is 0.355 e.